The van der Waals surface area contributed by atoms with Crippen LogP contribution in [0.3, 0.4) is 0 Å². The van der Waals surface area contributed by atoms with Crippen molar-refractivity contribution in [2.45, 2.75) is 25.8 Å². The van der Waals surface area contributed by atoms with E-state index in [2.05, 4.69) is 5.32 Å². The Hall–Kier alpha value is -2.51. The number of carbonyl (C=O) groups is 2. The summed E-state index contributed by atoms with van der Waals surface area (Å²) in [5.74, 6) is -3.10. The Kier molecular flexibility index (Phi) is 3.87. The minimum atomic E-state index is -4.43. The summed E-state index contributed by atoms with van der Waals surface area (Å²) < 4.78 is 47.0. The number of halogens is 3. The molecule has 1 aliphatic heterocycles. The van der Waals surface area contributed by atoms with Crippen LogP contribution in [0.4, 0.5) is 18.9 Å². The fourth-order valence-electron chi connectivity index (χ4n) is 1.69. The van der Waals surface area contributed by atoms with Crippen LogP contribution in [-0.2, 0) is 25.2 Å². The summed E-state index contributed by atoms with van der Waals surface area (Å²) in [6.45, 7) is 2.81. The highest BCUT2D eigenvalue weighted by atomic mass is 19.4. The van der Waals surface area contributed by atoms with Gasteiger partial charge in [0.25, 0.3) is 5.79 Å². The van der Waals surface area contributed by atoms with E-state index in [0.717, 1.165) is 18.3 Å². The molecule has 0 unspecified atom stereocenters. The lowest BCUT2D eigenvalue weighted by Crippen LogP contribution is -2.42. The lowest BCUT2D eigenvalue weighted by Gasteiger charge is -2.29. The van der Waals surface area contributed by atoms with E-state index < -0.39 is 29.5 Å². The van der Waals surface area contributed by atoms with Crippen molar-refractivity contribution in [1.82, 2.24) is 0 Å². The highest BCUT2D eigenvalue weighted by molar-refractivity contribution is 6.15. The van der Waals surface area contributed by atoms with Gasteiger partial charge in [0.1, 0.15) is 0 Å². The number of ether oxygens (including phenoxy) is 2. The van der Waals surface area contributed by atoms with Crippen molar-refractivity contribution in [3.8, 4) is 0 Å². The third kappa shape index (κ3) is 3.57. The van der Waals surface area contributed by atoms with Crippen LogP contribution in [-0.4, -0.2) is 17.7 Å². The Balaban J connectivity index is 2.12. The Morgan fingerprint density at radius 2 is 1.55 bits per heavy atom. The third-order valence-electron chi connectivity index (χ3n) is 2.71. The second kappa shape index (κ2) is 5.36. The van der Waals surface area contributed by atoms with Gasteiger partial charge in [-0.05, 0) is 24.3 Å². The molecule has 1 aromatic rings. The molecular weight excluding hydrogens is 303 g/mol. The fraction of sp³-hybridized carbons (Fsp3) is 0.286. The molecule has 22 heavy (non-hydrogen) atoms. The quantitative estimate of drug-likeness (QED) is 0.516. The SMILES string of the molecule is CC1(C)OC(=O)C(=CNc2ccc(C(F)(F)F)cc2)C(=O)O1. The fourth-order valence-corrected chi connectivity index (χ4v) is 1.69. The van der Waals surface area contributed by atoms with Gasteiger partial charge in [-0.15, -0.1) is 0 Å². The van der Waals surface area contributed by atoms with Gasteiger partial charge in [0.05, 0.1) is 5.56 Å². The van der Waals surface area contributed by atoms with Gasteiger partial charge in [0, 0.05) is 25.7 Å². The van der Waals surface area contributed by atoms with Gasteiger partial charge in [0.2, 0.25) is 0 Å². The summed E-state index contributed by atoms with van der Waals surface area (Å²) in [6, 6.07) is 4.09. The molecule has 0 saturated carbocycles. The highest BCUT2D eigenvalue weighted by Gasteiger charge is 2.39. The molecule has 0 bridgehead atoms. The summed E-state index contributed by atoms with van der Waals surface area (Å²) >= 11 is 0. The van der Waals surface area contributed by atoms with Gasteiger partial charge in [-0.2, -0.15) is 13.2 Å². The smallest absolute Gasteiger partial charge is 0.416 e. The number of hydrogen-bond acceptors (Lipinski definition) is 5. The van der Waals surface area contributed by atoms with E-state index >= 15 is 0 Å². The lowest BCUT2D eigenvalue weighted by molar-refractivity contribution is -0.222. The zero-order chi connectivity index (χ0) is 16.5. The van der Waals surface area contributed by atoms with Crippen molar-refractivity contribution in [3.63, 3.8) is 0 Å². The van der Waals surface area contributed by atoms with Crippen molar-refractivity contribution in [1.29, 1.82) is 0 Å². The molecule has 5 nitrogen and oxygen atoms in total. The molecule has 118 valence electrons. The molecule has 0 aromatic heterocycles. The van der Waals surface area contributed by atoms with Gasteiger partial charge in [0.15, 0.2) is 5.57 Å². The number of cyclic esters (lactones) is 2. The minimum absolute atomic E-state index is 0.269. The van der Waals surface area contributed by atoms with E-state index in [1.54, 1.807) is 0 Å². The second-order valence-electron chi connectivity index (χ2n) is 4.96. The van der Waals surface area contributed by atoms with Crippen molar-refractivity contribution in [3.05, 3.63) is 41.6 Å². The van der Waals surface area contributed by atoms with Gasteiger partial charge < -0.3 is 14.8 Å². The van der Waals surface area contributed by atoms with E-state index in [1.807, 2.05) is 0 Å². The monoisotopic (exact) mass is 315 g/mol. The average Bonchev–Trinajstić information content (AvgIpc) is 2.35. The number of benzene rings is 1. The van der Waals surface area contributed by atoms with Crippen molar-refractivity contribution in [2.24, 2.45) is 0 Å². The minimum Gasteiger partial charge on any atom is -0.419 e. The molecule has 1 heterocycles. The molecule has 1 fully saturated rings. The van der Waals surface area contributed by atoms with Crippen LogP contribution in [0.15, 0.2) is 36.0 Å². The van der Waals surface area contributed by atoms with Crippen LogP contribution in [0.25, 0.3) is 0 Å². The maximum Gasteiger partial charge on any atom is 0.416 e. The molecule has 0 atom stereocenters. The Bertz CT molecular complexity index is 610. The normalized spacial score (nSPS) is 17.6. The number of anilines is 1. The summed E-state index contributed by atoms with van der Waals surface area (Å²) in [5.41, 5.74) is -0.908. The van der Waals surface area contributed by atoms with Crippen LogP contribution < -0.4 is 5.32 Å². The molecule has 2 rings (SSSR count). The first-order chi connectivity index (χ1) is 10.1. The van der Waals surface area contributed by atoms with E-state index in [1.165, 1.54) is 26.0 Å². The maximum atomic E-state index is 12.4. The van der Waals surface area contributed by atoms with Crippen molar-refractivity contribution in [2.75, 3.05) is 5.32 Å². The van der Waals surface area contributed by atoms with E-state index in [9.17, 15) is 22.8 Å². The average molecular weight is 315 g/mol. The molecule has 1 aromatic carbocycles. The first kappa shape index (κ1) is 15.9. The second-order valence-corrected chi connectivity index (χ2v) is 4.96. The van der Waals surface area contributed by atoms with E-state index in [4.69, 9.17) is 9.47 Å². The van der Waals surface area contributed by atoms with Crippen LogP contribution in [0.2, 0.25) is 0 Å². The van der Waals surface area contributed by atoms with Gasteiger partial charge in [-0.25, -0.2) is 9.59 Å². The summed E-state index contributed by atoms with van der Waals surface area (Å²) in [5, 5.41) is 2.55. The predicted octanol–water partition coefficient (Wildman–Crippen LogP) is 2.84. The number of carbonyl (C=O) groups excluding carboxylic acids is 2. The Labute approximate surface area is 123 Å². The van der Waals surface area contributed by atoms with Crippen molar-refractivity contribution < 1.29 is 32.2 Å². The maximum absolute atomic E-state index is 12.4. The standard InChI is InChI=1S/C14H12F3NO4/c1-13(2)21-11(19)10(12(20)22-13)7-18-9-5-3-8(4-6-9)14(15,16)17/h3-7,18H,1-2H3. The Morgan fingerprint density at radius 3 is 2.00 bits per heavy atom. The molecule has 0 radical (unpaired) electrons. The first-order valence-electron chi connectivity index (χ1n) is 6.19. The molecule has 0 aliphatic carbocycles. The molecular formula is C14H12F3NO4. The highest BCUT2D eigenvalue weighted by Crippen LogP contribution is 2.30. The molecule has 1 N–H and O–H groups in total. The van der Waals surface area contributed by atoms with E-state index in [-0.39, 0.29) is 11.3 Å². The summed E-state index contributed by atoms with van der Waals surface area (Å²) in [7, 11) is 0. The zero-order valence-corrected chi connectivity index (χ0v) is 11.7. The van der Waals surface area contributed by atoms with Crippen LogP contribution >= 0.6 is 0 Å². The zero-order valence-electron chi connectivity index (χ0n) is 11.7. The molecule has 8 heteroatoms. The third-order valence-corrected chi connectivity index (χ3v) is 2.71. The molecule has 0 amide bonds. The number of rotatable bonds is 2. The van der Waals surface area contributed by atoms with E-state index in [0.29, 0.717) is 0 Å². The van der Waals surface area contributed by atoms with Crippen LogP contribution in [0, 0.1) is 0 Å². The molecule has 1 aliphatic rings. The lowest BCUT2D eigenvalue weighted by atomic mass is 10.2. The topological polar surface area (TPSA) is 64.6 Å². The molecule has 0 spiro atoms. The summed E-state index contributed by atoms with van der Waals surface area (Å²) in [6.07, 6.45) is -3.40. The first-order valence-corrected chi connectivity index (χ1v) is 6.19. The number of alkyl halides is 3. The van der Waals surface area contributed by atoms with Gasteiger partial charge in [-0.1, -0.05) is 0 Å². The number of nitrogens with one attached hydrogen (secondary N) is 1. The Morgan fingerprint density at radius 1 is 1.05 bits per heavy atom. The van der Waals surface area contributed by atoms with Crippen molar-refractivity contribution >= 4 is 17.6 Å². The predicted molar refractivity (Wildman–Crippen MR) is 69.4 cm³/mol. The van der Waals surface area contributed by atoms with Gasteiger partial charge >= 0.3 is 18.1 Å². The van der Waals surface area contributed by atoms with Crippen LogP contribution in [0.5, 0.6) is 0 Å². The number of esters is 2. The summed E-state index contributed by atoms with van der Waals surface area (Å²) in [4.78, 5) is 23.3. The van der Waals surface area contributed by atoms with Crippen LogP contribution in [0.1, 0.15) is 19.4 Å². The van der Waals surface area contributed by atoms with Gasteiger partial charge in [-0.3, -0.25) is 0 Å². The molecule has 1 saturated heterocycles. The largest absolute Gasteiger partial charge is 0.419 e. The number of hydrogen-bond donors (Lipinski definition) is 1.